The van der Waals surface area contributed by atoms with Crippen LogP contribution < -0.4 is 16.4 Å². The highest BCUT2D eigenvalue weighted by Crippen LogP contribution is 2.15. The fourth-order valence-corrected chi connectivity index (χ4v) is 1.41. The monoisotopic (exact) mass is 279 g/mol. The van der Waals surface area contributed by atoms with Crippen LogP contribution in [-0.4, -0.2) is 31.6 Å². The van der Waals surface area contributed by atoms with E-state index in [0.29, 0.717) is 24.5 Å². The van der Waals surface area contributed by atoms with E-state index < -0.39 is 0 Å². The molecule has 0 aliphatic carbocycles. The molecule has 0 spiro atoms. The Morgan fingerprint density at radius 3 is 2.50 bits per heavy atom. The van der Waals surface area contributed by atoms with E-state index in [1.807, 2.05) is 13.8 Å². The van der Waals surface area contributed by atoms with Gasteiger partial charge in [-0.1, -0.05) is 19.9 Å². The average molecular weight is 279 g/mol. The van der Waals surface area contributed by atoms with Gasteiger partial charge in [0.1, 0.15) is 6.61 Å². The summed E-state index contributed by atoms with van der Waals surface area (Å²) in [4.78, 5) is 23.2. The SMILES string of the molecule is CC(C)C(=O)Nc1cccc(NC(=O)COCCN)c1. The number of carbonyl (C=O) groups is 2. The maximum atomic E-state index is 11.6. The second-order valence-corrected chi connectivity index (χ2v) is 4.61. The topological polar surface area (TPSA) is 93.5 Å². The Bertz CT molecular complexity index is 461. The van der Waals surface area contributed by atoms with E-state index in [4.69, 9.17) is 10.5 Å². The van der Waals surface area contributed by atoms with Crippen molar-refractivity contribution in [1.82, 2.24) is 0 Å². The van der Waals surface area contributed by atoms with Crippen molar-refractivity contribution >= 4 is 23.2 Å². The highest BCUT2D eigenvalue weighted by Gasteiger charge is 2.08. The fraction of sp³-hybridized carbons (Fsp3) is 0.429. The van der Waals surface area contributed by atoms with Gasteiger partial charge in [-0.3, -0.25) is 9.59 Å². The molecule has 4 N–H and O–H groups in total. The molecule has 1 aromatic carbocycles. The van der Waals surface area contributed by atoms with E-state index in [0.717, 1.165) is 0 Å². The molecule has 0 saturated carbocycles. The quantitative estimate of drug-likeness (QED) is 0.654. The Kier molecular flexibility index (Phi) is 6.69. The smallest absolute Gasteiger partial charge is 0.250 e. The van der Waals surface area contributed by atoms with E-state index >= 15 is 0 Å². The predicted octanol–water partition coefficient (Wildman–Crippen LogP) is 1.19. The second kappa shape index (κ2) is 8.29. The number of nitrogens with one attached hydrogen (secondary N) is 2. The Morgan fingerprint density at radius 2 is 1.90 bits per heavy atom. The predicted molar refractivity (Wildman–Crippen MR) is 78.4 cm³/mol. The van der Waals surface area contributed by atoms with Crippen LogP contribution in [0.5, 0.6) is 0 Å². The van der Waals surface area contributed by atoms with Crippen LogP contribution in [0.15, 0.2) is 24.3 Å². The summed E-state index contributed by atoms with van der Waals surface area (Å²) in [7, 11) is 0. The lowest BCUT2D eigenvalue weighted by atomic mass is 10.2. The first kappa shape index (κ1) is 16.1. The highest BCUT2D eigenvalue weighted by atomic mass is 16.5. The molecule has 1 rings (SSSR count). The molecule has 1 aromatic rings. The lowest BCUT2D eigenvalue weighted by molar-refractivity contribution is -0.120. The third-order valence-electron chi connectivity index (χ3n) is 2.43. The minimum Gasteiger partial charge on any atom is -0.370 e. The van der Waals surface area contributed by atoms with Gasteiger partial charge in [0.15, 0.2) is 0 Å². The van der Waals surface area contributed by atoms with Gasteiger partial charge in [0.05, 0.1) is 6.61 Å². The van der Waals surface area contributed by atoms with Crippen LogP contribution in [0.3, 0.4) is 0 Å². The summed E-state index contributed by atoms with van der Waals surface area (Å²) in [5.41, 5.74) is 6.51. The molecule has 6 nitrogen and oxygen atoms in total. The molecule has 2 amide bonds. The molecule has 0 radical (unpaired) electrons. The van der Waals surface area contributed by atoms with Gasteiger partial charge in [0, 0.05) is 23.8 Å². The molecule has 0 unspecified atom stereocenters. The highest BCUT2D eigenvalue weighted by molar-refractivity contribution is 5.95. The second-order valence-electron chi connectivity index (χ2n) is 4.61. The van der Waals surface area contributed by atoms with Gasteiger partial charge in [0.25, 0.3) is 0 Å². The van der Waals surface area contributed by atoms with Gasteiger partial charge in [-0.15, -0.1) is 0 Å². The Hall–Kier alpha value is -1.92. The van der Waals surface area contributed by atoms with E-state index in [-0.39, 0.29) is 24.3 Å². The summed E-state index contributed by atoms with van der Waals surface area (Å²) in [6.45, 7) is 4.31. The zero-order valence-electron chi connectivity index (χ0n) is 11.8. The molecule has 0 fully saturated rings. The fourth-order valence-electron chi connectivity index (χ4n) is 1.41. The Labute approximate surface area is 118 Å². The van der Waals surface area contributed by atoms with E-state index in [9.17, 15) is 9.59 Å². The molecule has 20 heavy (non-hydrogen) atoms. The number of anilines is 2. The summed E-state index contributed by atoms with van der Waals surface area (Å²) in [5.74, 6) is -0.427. The van der Waals surface area contributed by atoms with Crippen LogP contribution >= 0.6 is 0 Å². The van der Waals surface area contributed by atoms with Crippen LogP contribution in [-0.2, 0) is 14.3 Å². The minimum absolute atomic E-state index is 0.0419. The van der Waals surface area contributed by atoms with Gasteiger partial charge < -0.3 is 21.1 Å². The minimum atomic E-state index is -0.259. The molecule has 0 aromatic heterocycles. The lowest BCUT2D eigenvalue weighted by Crippen LogP contribution is -2.21. The van der Waals surface area contributed by atoms with Crippen molar-refractivity contribution in [2.24, 2.45) is 11.7 Å². The van der Waals surface area contributed by atoms with Gasteiger partial charge in [0.2, 0.25) is 11.8 Å². The number of carbonyl (C=O) groups excluding carboxylic acids is 2. The largest absolute Gasteiger partial charge is 0.370 e. The molecule has 110 valence electrons. The first-order valence-electron chi connectivity index (χ1n) is 6.51. The molecule has 6 heteroatoms. The summed E-state index contributed by atoms with van der Waals surface area (Å²) in [6, 6.07) is 6.96. The van der Waals surface area contributed by atoms with Crippen molar-refractivity contribution in [3.63, 3.8) is 0 Å². The first-order chi connectivity index (χ1) is 9.52. The number of ether oxygens (including phenoxy) is 1. The van der Waals surface area contributed by atoms with E-state index in [1.54, 1.807) is 24.3 Å². The van der Waals surface area contributed by atoms with Crippen LogP contribution in [0.2, 0.25) is 0 Å². The number of rotatable bonds is 7. The maximum absolute atomic E-state index is 11.6. The van der Waals surface area contributed by atoms with Crippen molar-refractivity contribution in [1.29, 1.82) is 0 Å². The number of amides is 2. The van der Waals surface area contributed by atoms with Crippen LogP contribution in [0, 0.1) is 5.92 Å². The molecule has 0 saturated heterocycles. The number of nitrogens with two attached hydrogens (primary N) is 1. The molecule has 0 bridgehead atoms. The first-order valence-corrected chi connectivity index (χ1v) is 6.51. The van der Waals surface area contributed by atoms with Gasteiger partial charge in [-0.25, -0.2) is 0 Å². The zero-order valence-corrected chi connectivity index (χ0v) is 11.8. The van der Waals surface area contributed by atoms with Crippen molar-refractivity contribution in [3.8, 4) is 0 Å². The normalized spacial score (nSPS) is 10.4. The van der Waals surface area contributed by atoms with E-state index in [1.165, 1.54) is 0 Å². The van der Waals surface area contributed by atoms with E-state index in [2.05, 4.69) is 10.6 Å². The number of hydrogen-bond donors (Lipinski definition) is 3. The zero-order chi connectivity index (χ0) is 15.0. The van der Waals surface area contributed by atoms with Crippen molar-refractivity contribution in [2.75, 3.05) is 30.4 Å². The molecule has 0 heterocycles. The van der Waals surface area contributed by atoms with Crippen molar-refractivity contribution < 1.29 is 14.3 Å². The number of benzene rings is 1. The summed E-state index contributed by atoms with van der Waals surface area (Å²) < 4.78 is 5.04. The molecule has 0 aliphatic heterocycles. The van der Waals surface area contributed by atoms with Crippen LogP contribution in [0.4, 0.5) is 11.4 Å². The molecular weight excluding hydrogens is 258 g/mol. The third kappa shape index (κ3) is 5.81. The van der Waals surface area contributed by atoms with Crippen molar-refractivity contribution in [2.45, 2.75) is 13.8 Å². The summed E-state index contributed by atoms with van der Waals surface area (Å²) in [6.07, 6.45) is 0. The molecular formula is C14H21N3O3. The lowest BCUT2D eigenvalue weighted by Gasteiger charge is -2.10. The third-order valence-corrected chi connectivity index (χ3v) is 2.43. The Morgan fingerprint density at radius 1 is 1.25 bits per heavy atom. The van der Waals surface area contributed by atoms with Crippen LogP contribution in [0.1, 0.15) is 13.8 Å². The van der Waals surface area contributed by atoms with Gasteiger partial charge >= 0.3 is 0 Å². The summed E-state index contributed by atoms with van der Waals surface area (Å²) >= 11 is 0. The van der Waals surface area contributed by atoms with Gasteiger partial charge in [-0.05, 0) is 18.2 Å². The molecule has 0 atom stereocenters. The standard InChI is InChI=1S/C14H21N3O3/c1-10(2)14(19)17-12-5-3-4-11(8-12)16-13(18)9-20-7-6-15/h3-5,8,10H,6-7,9,15H2,1-2H3,(H,16,18)(H,17,19). The average Bonchev–Trinajstić information content (AvgIpc) is 2.39. The molecule has 0 aliphatic rings. The number of hydrogen-bond acceptors (Lipinski definition) is 4. The van der Waals surface area contributed by atoms with Gasteiger partial charge in [-0.2, -0.15) is 0 Å². The van der Waals surface area contributed by atoms with Crippen LogP contribution in [0.25, 0.3) is 0 Å². The summed E-state index contributed by atoms with van der Waals surface area (Å²) in [5, 5.41) is 5.46. The Balaban J connectivity index is 2.55. The van der Waals surface area contributed by atoms with Crippen molar-refractivity contribution in [3.05, 3.63) is 24.3 Å². The maximum Gasteiger partial charge on any atom is 0.250 e.